The second-order valence-electron chi connectivity index (χ2n) is 4.99. The number of amides is 1. The number of carbonyl (C=O) groups excluding carboxylic acids is 1. The van der Waals surface area contributed by atoms with Crippen LogP contribution in [0.15, 0.2) is 59.3 Å². The predicted octanol–water partition coefficient (Wildman–Crippen LogP) is 5.74. The highest BCUT2D eigenvalue weighted by atomic mass is 32.1. The van der Waals surface area contributed by atoms with Gasteiger partial charge in [0.2, 0.25) is 5.91 Å². The van der Waals surface area contributed by atoms with Crippen LogP contribution < -0.4 is 5.32 Å². The largest absolute Gasteiger partial charge is 0.314 e. The van der Waals surface area contributed by atoms with E-state index >= 15 is 0 Å². The third kappa shape index (κ3) is 3.17. The Hall–Kier alpha value is -2.28. The lowest BCUT2D eigenvalue weighted by atomic mass is 10.3. The van der Waals surface area contributed by atoms with Crippen molar-refractivity contribution in [3.05, 3.63) is 64.2 Å². The van der Waals surface area contributed by atoms with Gasteiger partial charge in [0.15, 0.2) is 0 Å². The van der Waals surface area contributed by atoms with Crippen LogP contribution in [0, 0.1) is 0 Å². The number of aromatic nitrogens is 1. The number of benzene rings is 1. The summed E-state index contributed by atoms with van der Waals surface area (Å²) in [6.45, 7) is 0. The van der Waals surface area contributed by atoms with Crippen LogP contribution in [0.3, 0.4) is 0 Å². The first-order valence-electron chi connectivity index (χ1n) is 7.25. The van der Waals surface area contributed by atoms with Gasteiger partial charge in [-0.1, -0.05) is 18.2 Å². The molecule has 4 aromatic rings. The third-order valence-electron chi connectivity index (χ3n) is 3.37. The van der Waals surface area contributed by atoms with Gasteiger partial charge in [0, 0.05) is 16.5 Å². The van der Waals surface area contributed by atoms with Crippen LogP contribution in [0.25, 0.3) is 26.9 Å². The van der Waals surface area contributed by atoms with E-state index in [9.17, 15) is 4.79 Å². The van der Waals surface area contributed by atoms with Crippen LogP contribution in [0.2, 0.25) is 0 Å². The number of nitrogens with one attached hydrogen (secondary N) is 1. The summed E-state index contributed by atoms with van der Waals surface area (Å²) >= 11 is 4.75. The van der Waals surface area contributed by atoms with E-state index in [0.717, 1.165) is 30.7 Å². The quantitative estimate of drug-likeness (QED) is 0.467. The molecule has 0 atom stereocenters. The normalized spacial score (nSPS) is 11.3. The summed E-state index contributed by atoms with van der Waals surface area (Å²) in [6.07, 6.45) is 3.39. The lowest BCUT2D eigenvalue weighted by Crippen LogP contribution is -2.06. The van der Waals surface area contributed by atoms with Crippen molar-refractivity contribution in [2.24, 2.45) is 0 Å². The van der Waals surface area contributed by atoms with Crippen LogP contribution in [0.1, 0.15) is 4.88 Å². The van der Waals surface area contributed by atoms with Crippen molar-refractivity contribution in [3.63, 3.8) is 0 Å². The molecule has 118 valence electrons. The maximum absolute atomic E-state index is 12.2. The Morgan fingerprint density at radius 2 is 1.96 bits per heavy atom. The molecule has 0 bridgehead atoms. The first-order valence-corrected chi connectivity index (χ1v) is 9.83. The van der Waals surface area contributed by atoms with Gasteiger partial charge in [-0.2, -0.15) is 0 Å². The number of rotatable bonds is 4. The summed E-state index contributed by atoms with van der Waals surface area (Å²) in [5, 5.41) is 8.67. The molecule has 0 saturated carbocycles. The van der Waals surface area contributed by atoms with E-state index in [2.05, 4.69) is 16.4 Å². The second kappa shape index (κ2) is 6.68. The molecule has 0 aliphatic heterocycles. The van der Waals surface area contributed by atoms with Gasteiger partial charge in [-0.05, 0) is 41.1 Å². The molecule has 0 aliphatic carbocycles. The van der Waals surface area contributed by atoms with Gasteiger partial charge in [-0.3, -0.25) is 4.79 Å². The molecule has 0 aliphatic rings. The van der Waals surface area contributed by atoms with Crippen LogP contribution in [0.5, 0.6) is 0 Å². The van der Waals surface area contributed by atoms with Crippen molar-refractivity contribution < 1.29 is 4.79 Å². The lowest BCUT2D eigenvalue weighted by molar-refractivity contribution is -0.111. The fraction of sp³-hybridized carbons (Fsp3) is 0. The molecular formula is C18H12N2OS3. The van der Waals surface area contributed by atoms with Gasteiger partial charge in [0.1, 0.15) is 10.0 Å². The van der Waals surface area contributed by atoms with Gasteiger partial charge in [-0.15, -0.1) is 34.0 Å². The van der Waals surface area contributed by atoms with Gasteiger partial charge < -0.3 is 5.32 Å². The average molecular weight is 369 g/mol. The molecule has 6 heteroatoms. The Kier molecular flexibility index (Phi) is 4.25. The maximum Gasteiger partial charge on any atom is 0.249 e. The zero-order valence-corrected chi connectivity index (χ0v) is 14.9. The molecule has 3 aromatic heterocycles. The number of fused-ring (bicyclic) bond motifs is 1. The number of anilines is 1. The van der Waals surface area contributed by atoms with Crippen molar-refractivity contribution in [2.75, 3.05) is 5.32 Å². The zero-order valence-electron chi connectivity index (χ0n) is 12.4. The Bertz CT molecular complexity index is 979. The summed E-state index contributed by atoms with van der Waals surface area (Å²) in [7, 11) is 0. The molecule has 1 N–H and O–H groups in total. The first kappa shape index (κ1) is 15.3. The predicted molar refractivity (Wildman–Crippen MR) is 105 cm³/mol. The number of hydrogen-bond acceptors (Lipinski definition) is 5. The van der Waals surface area contributed by atoms with Crippen molar-refractivity contribution in [1.29, 1.82) is 0 Å². The van der Waals surface area contributed by atoms with E-state index in [1.165, 1.54) is 11.3 Å². The molecule has 3 heterocycles. The van der Waals surface area contributed by atoms with Gasteiger partial charge >= 0.3 is 0 Å². The van der Waals surface area contributed by atoms with Crippen molar-refractivity contribution in [1.82, 2.24) is 4.98 Å². The number of thiazole rings is 1. The molecule has 0 saturated heterocycles. The topological polar surface area (TPSA) is 42.0 Å². The molecule has 3 nitrogen and oxygen atoms in total. The van der Waals surface area contributed by atoms with Crippen LogP contribution >= 0.6 is 34.0 Å². The third-order valence-corrected chi connectivity index (χ3v) is 6.11. The van der Waals surface area contributed by atoms with Gasteiger partial charge in [0.25, 0.3) is 0 Å². The Labute approximate surface area is 150 Å². The summed E-state index contributed by atoms with van der Waals surface area (Å²) in [5.41, 5.74) is 1.96. The minimum Gasteiger partial charge on any atom is -0.314 e. The van der Waals surface area contributed by atoms with Gasteiger partial charge in [-0.25, -0.2) is 4.98 Å². The van der Waals surface area contributed by atoms with Crippen LogP contribution in [0.4, 0.5) is 5.00 Å². The number of para-hydroxylation sites is 1. The van der Waals surface area contributed by atoms with E-state index in [1.807, 2.05) is 53.2 Å². The Morgan fingerprint density at radius 1 is 1.04 bits per heavy atom. The summed E-state index contributed by atoms with van der Waals surface area (Å²) in [5.74, 6) is -0.131. The van der Waals surface area contributed by atoms with Crippen LogP contribution in [-0.4, -0.2) is 10.9 Å². The molecule has 1 aromatic carbocycles. The molecule has 4 rings (SSSR count). The first-order chi connectivity index (χ1) is 11.8. The van der Waals surface area contributed by atoms with E-state index in [4.69, 9.17) is 0 Å². The fourth-order valence-corrected chi connectivity index (χ4v) is 4.73. The number of hydrogen-bond donors (Lipinski definition) is 1. The molecule has 1 amide bonds. The Balaban J connectivity index is 1.57. The monoisotopic (exact) mass is 368 g/mol. The Morgan fingerprint density at radius 3 is 2.79 bits per heavy atom. The van der Waals surface area contributed by atoms with E-state index in [1.54, 1.807) is 28.7 Å². The van der Waals surface area contributed by atoms with Crippen LogP contribution in [-0.2, 0) is 4.79 Å². The molecule has 24 heavy (non-hydrogen) atoms. The second-order valence-corrected chi connectivity index (χ2v) is 7.91. The highest BCUT2D eigenvalue weighted by Gasteiger charge is 2.13. The molecular weight excluding hydrogens is 356 g/mol. The van der Waals surface area contributed by atoms with Gasteiger partial charge in [0.05, 0.1) is 10.2 Å². The highest BCUT2D eigenvalue weighted by Crippen LogP contribution is 2.37. The fourth-order valence-electron chi connectivity index (χ4n) is 2.26. The summed E-state index contributed by atoms with van der Waals surface area (Å²) < 4.78 is 1.15. The molecule has 0 radical (unpaired) electrons. The SMILES string of the molecule is O=C(C=Cc1cccs1)Nc1sccc1-c1nc2ccccc2s1. The number of carbonyl (C=O) groups is 1. The number of thiophene rings is 2. The van der Waals surface area contributed by atoms with Crippen molar-refractivity contribution in [3.8, 4) is 10.6 Å². The average Bonchev–Trinajstić information content (AvgIpc) is 3.32. The van der Waals surface area contributed by atoms with E-state index in [-0.39, 0.29) is 5.91 Å². The number of nitrogens with zero attached hydrogens (tertiary/aromatic N) is 1. The summed E-state index contributed by atoms with van der Waals surface area (Å²) in [6, 6.07) is 14.0. The minimum absolute atomic E-state index is 0.131. The minimum atomic E-state index is -0.131. The standard InChI is InChI=1S/C18H12N2OS3/c21-16(8-7-12-4-3-10-22-12)20-17-13(9-11-23-17)18-19-14-5-1-2-6-15(14)24-18/h1-11H,(H,20,21). The summed E-state index contributed by atoms with van der Waals surface area (Å²) in [4.78, 5) is 17.9. The van der Waals surface area contributed by atoms with Crippen molar-refractivity contribution >= 4 is 61.2 Å². The lowest BCUT2D eigenvalue weighted by Gasteiger charge is -2.01. The van der Waals surface area contributed by atoms with Crippen molar-refractivity contribution in [2.45, 2.75) is 0 Å². The highest BCUT2D eigenvalue weighted by molar-refractivity contribution is 7.22. The molecule has 0 spiro atoms. The zero-order chi connectivity index (χ0) is 16.4. The van der Waals surface area contributed by atoms with E-state index < -0.39 is 0 Å². The molecule has 0 fully saturated rings. The maximum atomic E-state index is 12.2. The van der Waals surface area contributed by atoms with E-state index in [0.29, 0.717) is 0 Å². The smallest absolute Gasteiger partial charge is 0.249 e. The molecule has 0 unspecified atom stereocenters.